The van der Waals surface area contributed by atoms with Crippen molar-refractivity contribution in [3.8, 4) is 0 Å². The van der Waals surface area contributed by atoms with Gasteiger partial charge in [0.05, 0.1) is 0 Å². The summed E-state index contributed by atoms with van der Waals surface area (Å²) in [4.78, 5) is 21.5. The van der Waals surface area contributed by atoms with Crippen molar-refractivity contribution in [3.05, 3.63) is 0 Å². The second-order valence-corrected chi connectivity index (χ2v) is 3.99. The first kappa shape index (κ1) is 12.8. The van der Waals surface area contributed by atoms with Crippen LogP contribution in [0.1, 0.15) is 26.2 Å². The maximum absolute atomic E-state index is 13.4. The SMILES string of the molecule is CC(NC(=O)C(F)(F)C1(O)CCC1)C(=O)O. The average molecular weight is 237 g/mol. The molecule has 1 aliphatic carbocycles. The van der Waals surface area contributed by atoms with Gasteiger partial charge < -0.3 is 15.5 Å². The molecule has 3 N–H and O–H groups in total. The molecule has 7 heteroatoms. The Kier molecular flexibility index (Phi) is 3.18. The quantitative estimate of drug-likeness (QED) is 0.648. The van der Waals surface area contributed by atoms with Gasteiger partial charge in [-0.3, -0.25) is 9.59 Å². The van der Waals surface area contributed by atoms with E-state index < -0.39 is 29.4 Å². The molecule has 1 amide bonds. The molecule has 0 aromatic carbocycles. The average Bonchev–Trinajstić information content (AvgIpc) is 2.13. The number of aliphatic carboxylic acids is 1. The number of carbonyl (C=O) groups excluding carboxylic acids is 1. The zero-order chi connectivity index (χ0) is 12.6. The van der Waals surface area contributed by atoms with Crippen LogP contribution in [0.5, 0.6) is 0 Å². The van der Waals surface area contributed by atoms with Crippen molar-refractivity contribution < 1.29 is 28.6 Å². The fourth-order valence-corrected chi connectivity index (χ4v) is 1.39. The third-order valence-corrected chi connectivity index (χ3v) is 2.77. The Bertz CT molecular complexity index is 315. The van der Waals surface area contributed by atoms with E-state index in [1.807, 2.05) is 0 Å². The van der Waals surface area contributed by atoms with Crippen LogP contribution in [0.3, 0.4) is 0 Å². The largest absolute Gasteiger partial charge is 0.480 e. The van der Waals surface area contributed by atoms with Crippen LogP contribution in [0.25, 0.3) is 0 Å². The van der Waals surface area contributed by atoms with Gasteiger partial charge in [0, 0.05) is 0 Å². The fourth-order valence-electron chi connectivity index (χ4n) is 1.39. The summed E-state index contributed by atoms with van der Waals surface area (Å²) in [5.41, 5.74) is -2.32. The number of halogens is 2. The van der Waals surface area contributed by atoms with E-state index in [-0.39, 0.29) is 12.8 Å². The summed E-state index contributed by atoms with van der Waals surface area (Å²) >= 11 is 0. The van der Waals surface area contributed by atoms with Gasteiger partial charge in [0.25, 0.3) is 5.91 Å². The van der Waals surface area contributed by atoms with E-state index in [9.17, 15) is 23.5 Å². The smallest absolute Gasteiger partial charge is 0.352 e. The molecule has 0 heterocycles. The minimum absolute atomic E-state index is 0.158. The Hall–Kier alpha value is -1.24. The monoisotopic (exact) mass is 237 g/mol. The van der Waals surface area contributed by atoms with Crippen LogP contribution in [-0.2, 0) is 9.59 Å². The summed E-state index contributed by atoms with van der Waals surface area (Å²) in [6.07, 6.45) is 0.109. The lowest BCUT2D eigenvalue weighted by Gasteiger charge is -2.41. The maximum Gasteiger partial charge on any atom is 0.352 e. The lowest BCUT2D eigenvalue weighted by Crippen LogP contribution is -2.62. The fraction of sp³-hybridized carbons (Fsp3) is 0.778. The molecule has 0 saturated heterocycles. The molecule has 0 bridgehead atoms. The van der Waals surface area contributed by atoms with Crippen molar-refractivity contribution in [2.75, 3.05) is 0 Å². The molecule has 1 rings (SSSR count). The summed E-state index contributed by atoms with van der Waals surface area (Å²) in [5, 5.41) is 19.5. The molecule has 0 aromatic rings. The van der Waals surface area contributed by atoms with E-state index in [2.05, 4.69) is 0 Å². The molecule has 1 aliphatic rings. The van der Waals surface area contributed by atoms with Crippen LogP contribution >= 0.6 is 0 Å². The third kappa shape index (κ3) is 1.99. The molecular weight excluding hydrogens is 224 g/mol. The number of aliphatic hydroxyl groups is 1. The van der Waals surface area contributed by atoms with Gasteiger partial charge in [-0.05, 0) is 26.2 Å². The number of carboxylic acid groups (broad SMARTS) is 1. The van der Waals surface area contributed by atoms with Gasteiger partial charge in [0.2, 0.25) is 0 Å². The standard InChI is InChI=1S/C9H13F2NO4/c1-5(6(13)14)12-7(15)9(10,11)8(16)3-2-4-8/h5,16H,2-4H2,1H3,(H,12,15)(H,13,14). The molecule has 5 nitrogen and oxygen atoms in total. The number of rotatable bonds is 4. The first-order valence-corrected chi connectivity index (χ1v) is 4.85. The number of hydrogen-bond acceptors (Lipinski definition) is 3. The number of carboxylic acids is 1. The van der Waals surface area contributed by atoms with Crippen LogP contribution in [0, 0.1) is 0 Å². The van der Waals surface area contributed by atoms with E-state index in [0.29, 0.717) is 6.42 Å². The van der Waals surface area contributed by atoms with Crippen molar-refractivity contribution in [1.82, 2.24) is 5.32 Å². The predicted molar refractivity (Wildman–Crippen MR) is 49.0 cm³/mol. The number of alkyl halides is 2. The molecule has 0 spiro atoms. The number of hydrogen-bond donors (Lipinski definition) is 3. The molecular formula is C9H13F2NO4. The minimum atomic E-state index is -3.95. The van der Waals surface area contributed by atoms with Gasteiger partial charge in [0.15, 0.2) is 0 Å². The molecule has 1 saturated carbocycles. The molecule has 0 aromatic heterocycles. The van der Waals surface area contributed by atoms with E-state index in [1.54, 1.807) is 5.32 Å². The Labute approximate surface area is 90.4 Å². The van der Waals surface area contributed by atoms with Crippen molar-refractivity contribution in [1.29, 1.82) is 0 Å². The summed E-state index contributed by atoms with van der Waals surface area (Å²) in [6, 6.07) is -1.41. The highest BCUT2D eigenvalue weighted by Crippen LogP contribution is 2.44. The minimum Gasteiger partial charge on any atom is -0.480 e. The highest BCUT2D eigenvalue weighted by atomic mass is 19.3. The molecule has 1 fully saturated rings. The number of carbonyl (C=O) groups is 2. The van der Waals surface area contributed by atoms with Gasteiger partial charge in [-0.2, -0.15) is 8.78 Å². The second-order valence-electron chi connectivity index (χ2n) is 3.99. The van der Waals surface area contributed by atoms with Crippen LogP contribution in [0.2, 0.25) is 0 Å². The summed E-state index contributed by atoms with van der Waals surface area (Å²) in [5.74, 6) is -7.11. The van der Waals surface area contributed by atoms with Gasteiger partial charge in [-0.1, -0.05) is 0 Å². The third-order valence-electron chi connectivity index (χ3n) is 2.77. The van der Waals surface area contributed by atoms with Crippen molar-refractivity contribution >= 4 is 11.9 Å². The highest BCUT2D eigenvalue weighted by Gasteiger charge is 2.61. The number of nitrogens with one attached hydrogen (secondary N) is 1. The van der Waals surface area contributed by atoms with Gasteiger partial charge in [-0.15, -0.1) is 0 Å². The summed E-state index contributed by atoms with van der Waals surface area (Å²) < 4.78 is 26.8. The van der Waals surface area contributed by atoms with Crippen LogP contribution in [-0.4, -0.2) is 39.7 Å². The number of amides is 1. The van der Waals surface area contributed by atoms with E-state index in [1.165, 1.54) is 0 Å². The molecule has 0 aliphatic heterocycles. The van der Waals surface area contributed by atoms with Crippen LogP contribution in [0.15, 0.2) is 0 Å². The van der Waals surface area contributed by atoms with Gasteiger partial charge >= 0.3 is 11.9 Å². The van der Waals surface area contributed by atoms with Gasteiger partial charge in [-0.25, -0.2) is 0 Å². The maximum atomic E-state index is 13.4. The van der Waals surface area contributed by atoms with E-state index >= 15 is 0 Å². The topological polar surface area (TPSA) is 86.6 Å². The molecule has 1 unspecified atom stereocenters. The lowest BCUT2D eigenvalue weighted by atomic mass is 9.75. The zero-order valence-corrected chi connectivity index (χ0v) is 8.67. The molecule has 0 radical (unpaired) electrons. The van der Waals surface area contributed by atoms with Crippen molar-refractivity contribution in [2.45, 2.75) is 43.8 Å². The molecule has 1 atom stereocenters. The second kappa shape index (κ2) is 3.97. The first-order chi connectivity index (χ1) is 7.21. The summed E-state index contributed by atoms with van der Waals surface area (Å²) in [7, 11) is 0. The van der Waals surface area contributed by atoms with E-state index in [0.717, 1.165) is 6.92 Å². The van der Waals surface area contributed by atoms with Crippen molar-refractivity contribution in [3.63, 3.8) is 0 Å². The Morgan fingerprint density at radius 3 is 2.25 bits per heavy atom. The van der Waals surface area contributed by atoms with Crippen LogP contribution < -0.4 is 5.32 Å². The molecule has 16 heavy (non-hydrogen) atoms. The van der Waals surface area contributed by atoms with Crippen LogP contribution in [0.4, 0.5) is 8.78 Å². The normalized spacial score (nSPS) is 20.8. The predicted octanol–water partition coefficient (Wildman–Crippen LogP) is 0.126. The van der Waals surface area contributed by atoms with E-state index in [4.69, 9.17) is 5.11 Å². The Morgan fingerprint density at radius 2 is 1.94 bits per heavy atom. The molecule has 92 valence electrons. The van der Waals surface area contributed by atoms with Gasteiger partial charge in [0.1, 0.15) is 11.6 Å². The lowest BCUT2D eigenvalue weighted by molar-refractivity contribution is -0.216. The summed E-state index contributed by atoms with van der Waals surface area (Å²) in [6.45, 7) is 1.07. The zero-order valence-electron chi connectivity index (χ0n) is 8.67. The first-order valence-electron chi connectivity index (χ1n) is 4.85. The Morgan fingerprint density at radius 1 is 1.44 bits per heavy atom. The highest BCUT2D eigenvalue weighted by molar-refractivity contribution is 5.89. The Balaban J connectivity index is 2.69. The van der Waals surface area contributed by atoms with Crippen molar-refractivity contribution in [2.24, 2.45) is 0 Å².